The largest absolute Gasteiger partial charge is 0.391 e. The molecular formula is C83H100FN17O3. The third-order valence-corrected chi connectivity index (χ3v) is 24.7. The van der Waals surface area contributed by atoms with Gasteiger partial charge in [0.15, 0.2) is 11.3 Å². The van der Waals surface area contributed by atoms with Crippen LogP contribution in [0.2, 0.25) is 0 Å². The summed E-state index contributed by atoms with van der Waals surface area (Å²) in [5, 5.41) is 55.2. The van der Waals surface area contributed by atoms with Crippen LogP contribution < -0.4 is 0 Å². The minimum atomic E-state index is -1.08. The first-order chi connectivity index (χ1) is 50.9. The van der Waals surface area contributed by atoms with Crippen molar-refractivity contribution >= 4 is 44.1 Å². The van der Waals surface area contributed by atoms with E-state index in [0.29, 0.717) is 55.3 Å². The van der Waals surface area contributed by atoms with Gasteiger partial charge in [0.2, 0.25) is 0 Å². The molecule has 0 spiro atoms. The molecule has 5 fully saturated rings. The quantitative estimate of drug-likeness (QED) is 0.104. The van der Waals surface area contributed by atoms with Gasteiger partial charge in [-0.05, 0) is 212 Å². The van der Waals surface area contributed by atoms with Gasteiger partial charge in [-0.2, -0.15) is 10.2 Å². The third kappa shape index (κ3) is 13.1. The van der Waals surface area contributed by atoms with Gasteiger partial charge in [-0.15, -0.1) is 10.2 Å². The topological polar surface area (TPSA) is 209 Å². The average Bonchev–Trinajstić information content (AvgIpc) is 1.62. The van der Waals surface area contributed by atoms with Gasteiger partial charge in [-0.3, -0.25) is 34.6 Å². The summed E-state index contributed by atoms with van der Waals surface area (Å²) in [5.41, 5.74) is 21.4. The number of hydrogen-bond donors (Lipinski definition) is 3. The zero-order chi connectivity index (χ0) is 70.7. The van der Waals surface area contributed by atoms with Gasteiger partial charge in [-0.1, -0.05) is 31.4 Å². The SMILES string of the molecule is Cc1cc2c3c(n(CC(O)c4cccnc4)c2nn1)CCN1CCCC31.Cc1cc2c3c(n(CC(O)c4ccncc4)c2nn1)CCN1CCCC31.Cc1ccc(C(F)Cn2c3c(c4cccnc42)C2CCCN2CC3)cn1.Cc1cnc2c(c1)c1c(n2CC(O)C2CCCCC2)CCN2CCCC12. The van der Waals surface area contributed by atoms with Crippen molar-refractivity contribution in [2.75, 3.05) is 52.4 Å². The van der Waals surface area contributed by atoms with Crippen LogP contribution in [-0.2, 0) is 51.9 Å². The molecule has 1 saturated carbocycles. The molecule has 3 N–H and O–H groups in total. The fourth-order valence-electron chi connectivity index (χ4n) is 19.8. The van der Waals surface area contributed by atoms with Crippen LogP contribution in [-0.4, -0.2) is 157 Å². The van der Waals surface area contributed by atoms with Crippen LogP contribution in [0, 0.1) is 33.6 Å². The summed E-state index contributed by atoms with van der Waals surface area (Å²) in [4.78, 5) is 32.3. The maximum atomic E-state index is 15.1. The Labute approximate surface area is 608 Å². The monoisotopic (exact) mass is 1400 g/mol. The Bertz CT molecular complexity index is 4720. The number of aryl methyl sites for hydroxylation is 4. The van der Waals surface area contributed by atoms with E-state index in [-0.39, 0.29) is 6.10 Å². The number of nitrogens with zero attached hydrogens (tertiary/aromatic N) is 17. The van der Waals surface area contributed by atoms with Crippen LogP contribution in [0.15, 0.2) is 110 Å². The zero-order valence-corrected chi connectivity index (χ0v) is 60.9. The van der Waals surface area contributed by atoms with E-state index < -0.39 is 18.4 Å². The number of halogens is 1. The van der Waals surface area contributed by atoms with Crippen molar-refractivity contribution in [1.29, 1.82) is 0 Å². The molecule has 542 valence electrons. The average molecular weight is 1400 g/mol. The maximum absolute atomic E-state index is 15.1. The standard InChI is InChI=1S/C22H31N3O.C21H23FN4.2C20H23N5O/c1-15-12-17-21-18-8-5-10-24(18)11-9-19(21)25(22(17)23-13-15)14-20(26)16-6-3-2-4-7-16;1-14-6-7-15(12-24-14)17(22)13-26-19-8-11-25-10-3-5-18(25)20(19)16-4-2-9-23-21(16)26;1-13-10-15-19-16-5-3-8-24(16)9-6-17(19)25(20(15)23-22-13)12-18(26)14-4-2-7-21-11-14;1-13-11-15-19-16-3-2-9-24(16)10-6-17(19)25(20(15)23-22-13)12-18(26)14-4-7-21-8-5-14/h12-13,16,18,20,26H,2-11,14H2,1H3;2,4,6-7,9,12,17-18H,3,5,8,10-11,13H2,1H3;2,4,7,10-11,16,18,26H,3,5-6,8-9,12H2,1H3;4-5,7-8,11,16,18,26H,2-3,6,9-10,12H2,1H3. The summed E-state index contributed by atoms with van der Waals surface area (Å²) in [6.07, 6.45) is 30.2. The van der Waals surface area contributed by atoms with E-state index in [0.717, 1.165) is 109 Å². The number of aromatic nitrogens is 13. The highest BCUT2D eigenvalue weighted by Gasteiger charge is 2.41. The number of pyridine rings is 5. The third-order valence-electron chi connectivity index (χ3n) is 24.7. The van der Waals surface area contributed by atoms with Crippen LogP contribution in [0.5, 0.6) is 0 Å². The first kappa shape index (κ1) is 68.8. The molecule has 11 aromatic heterocycles. The Morgan fingerprint density at radius 3 is 1.40 bits per heavy atom. The molecule has 9 aliphatic rings. The van der Waals surface area contributed by atoms with Gasteiger partial charge < -0.3 is 33.6 Å². The smallest absolute Gasteiger partial charge is 0.163 e. The van der Waals surface area contributed by atoms with Crippen LogP contribution in [0.3, 0.4) is 0 Å². The first-order valence-electron chi connectivity index (χ1n) is 38.9. The fourth-order valence-corrected chi connectivity index (χ4v) is 19.8. The lowest BCUT2D eigenvalue weighted by Crippen LogP contribution is -2.33. The van der Waals surface area contributed by atoms with Gasteiger partial charge in [0.25, 0.3) is 0 Å². The normalized spacial score (nSPS) is 22.0. The van der Waals surface area contributed by atoms with Crippen LogP contribution in [0.1, 0.15) is 210 Å². The number of aliphatic hydroxyl groups is 3. The lowest BCUT2D eigenvalue weighted by Gasteiger charge is -2.32. The summed E-state index contributed by atoms with van der Waals surface area (Å²) in [7, 11) is 0. The van der Waals surface area contributed by atoms with E-state index in [4.69, 9.17) is 4.98 Å². The molecule has 8 aliphatic heterocycles. The van der Waals surface area contributed by atoms with Crippen molar-refractivity contribution in [2.24, 2.45) is 5.92 Å². The zero-order valence-electron chi connectivity index (χ0n) is 60.9. The Balaban J connectivity index is 0.000000103. The van der Waals surface area contributed by atoms with Crippen LogP contribution in [0.4, 0.5) is 4.39 Å². The molecule has 104 heavy (non-hydrogen) atoms. The molecule has 8 unspecified atom stereocenters. The molecule has 4 saturated heterocycles. The van der Waals surface area contributed by atoms with Crippen molar-refractivity contribution in [2.45, 2.75) is 212 Å². The number of aliphatic hydroxyl groups excluding tert-OH is 3. The van der Waals surface area contributed by atoms with Crippen molar-refractivity contribution in [3.63, 3.8) is 0 Å². The summed E-state index contributed by atoms with van der Waals surface area (Å²) in [6, 6.07) is 24.1. The van der Waals surface area contributed by atoms with E-state index in [2.05, 4.69) is 109 Å². The number of fused-ring (bicyclic) bond motifs is 20. The van der Waals surface area contributed by atoms with E-state index in [9.17, 15) is 15.3 Å². The molecular weight excluding hydrogens is 1300 g/mol. The minimum absolute atomic E-state index is 0.236. The van der Waals surface area contributed by atoms with Gasteiger partial charge in [-0.25, -0.2) is 14.4 Å². The Hall–Kier alpha value is -8.28. The molecule has 20 rings (SSSR count). The molecule has 0 amide bonds. The fraction of sp³-hybridized carbons (Fsp3) is 0.506. The highest BCUT2D eigenvalue weighted by atomic mass is 19.1. The number of alkyl halides is 1. The summed E-state index contributed by atoms with van der Waals surface area (Å²) >= 11 is 0. The van der Waals surface area contributed by atoms with Crippen molar-refractivity contribution in [1.82, 2.24) is 83.2 Å². The predicted molar refractivity (Wildman–Crippen MR) is 402 cm³/mol. The van der Waals surface area contributed by atoms with Gasteiger partial charge >= 0.3 is 0 Å². The summed E-state index contributed by atoms with van der Waals surface area (Å²) in [6.45, 7) is 19.3. The minimum Gasteiger partial charge on any atom is -0.391 e. The molecule has 0 bridgehead atoms. The lowest BCUT2D eigenvalue weighted by atomic mass is 9.85. The highest BCUT2D eigenvalue weighted by molar-refractivity contribution is 5.86. The molecule has 0 radical (unpaired) electrons. The van der Waals surface area contributed by atoms with E-state index in [1.54, 1.807) is 31.0 Å². The Morgan fingerprint density at radius 2 is 0.885 bits per heavy atom. The molecule has 8 atom stereocenters. The molecule has 19 heterocycles. The lowest BCUT2D eigenvalue weighted by molar-refractivity contribution is 0.0694. The van der Waals surface area contributed by atoms with Crippen molar-refractivity contribution in [3.8, 4) is 0 Å². The molecule has 11 aromatic rings. The van der Waals surface area contributed by atoms with Crippen molar-refractivity contribution in [3.05, 3.63) is 194 Å². The number of rotatable bonds is 12. The second-order valence-corrected chi connectivity index (χ2v) is 31.1. The Kier molecular flexibility index (Phi) is 19.6. The highest BCUT2D eigenvalue weighted by Crippen LogP contribution is 2.48. The van der Waals surface area contributed by atoms with Crippen molar-refractivity contribution < 1.29 is 19.7 Å². The Morgan fingerprint density at radius 1 is 0.394 bits per heavy atom. The summed E-state index contributed by atoms with van der Waals surface area (Å²) in [5.74, 6) is 0.467. The van der Waals surface area contributed by atoms with E-state index >= 15 is 4.39 Å². The van der Waals surface area contributed by atoms with Gasteiger partial charge in [0.05, 0.1) is 55.9 Å². The number of hydrogen-bond acceptors (Lipinski definition) is 16. The molecule has 1 aliphatic carbocycles. The molecule has 0 aromatic carbocycles. The van der Waals surface area contributed by atoms with Gasteiger partial charge in [0, 0.05) is 181 Å². The van der Waals surface area contributed by atoms with E-state index in [1.807, 2.05) is 75.6 Å². The predicted octanol–water partition coefficient (Wildman–Crippen LogP) is 13.2. The second kappa shape index (κ2) is 29.6. The van der Waals surface area contributed by atoms with Gasteiger partial charge in [0.1, 0.15) is 17.5 Å². The molecule has 21 heteroatoms. The van der Waals surface area contributed by atoms with E-state index in [1.165, 1.54) is 182 Å². The maximum Gasteiger partial charge on any atom is 0.163 e. The summed E-state index contributed by atoms with van der Waals surface area (Å²) < 4.78 is 24.0. The molecule has 20 nitrogen and oxygen atoms in total. The first-order valence-corrected chi connectivity index (χ1v) is 38.9. The van der Waals surface area contributed by atoms with Crippen LogP contribution >= 0.6 is 0 Å². The van der Waals surface area contributed by atoms with Crippen LogP contribution in [0.25, 0.3) is 44.1 Å². The second-order valence-electron chi connectivity index (χ2n) is 31.1.